The monoisotopic (exact) mass is 330 g/mol. The first-order valence-electron chi connectivity index (χ1n) is 9.09. The summed E-state index contributed by atoms with van der Waals surface area (Å²) in [5, 5.41) is 0. The number of carbonyl (C=O) groups excluding carboxylic acids is 1. The van der Waals surface area contributed by atoms with E-state index in [0.717, 1.165) is 6.42 Å². The Labute approximate surface area is 145 Å². The molecule has 2 fully saturated rings. The molecule has 3 aliphatic rings. The third-order valence-electron chi connectivity index (χ3n) is 6.66. The van der Waals surface area contributed by atoms with Crippen LogP contribution < -0.4 is 0 Å². The number of cyclic esters (lactones) is 1. The third-order valence-corrected chi connectivity index (χ3v) is 6.66. The predicted octanol–water partition coefficient (Wildman–Crippen LogP) is 4.80. The molecule has 0 aromatic carbocycles. The number of hydrogen-bond acceptors (Lipinski definition) is 3. The second kappa shape index (κ2) is 6.18. The molecule has 0 saturated heterocycles. The number of methoxy groups -OCH3 is 1. The lowest BCUT2D eigenvalue weighted by Gasteiger charge is -2.57. The van der Waals surface area contributed by atoms with E-state index in [1.54, 1.807) is 13.2 Å². The molecule has 2 aliphatic carbocycles. The molecule has 1 unspecified atom stereocenters. The largest absolute Gasteiger partial charge is 0.428 e. The van der Waals surface area contributed by atoms with Crippen LogP contribution in [0.1, 0.15) is 52.9 Å². The Morgan fingerprint density at radius 2 is 2.08 bits per heavy atom. The van der Waals surface area contributed by atoms with Crippen LogP contribution in [-0.4, -0.2) is 19.4 Å². The minimum atomic E-state index is -0.552. The Kier molecular flexibility index (Phi) is 4.50. The molecule has 132 valence electrons. The predicted molar refractivity (Wildman–Crippen MR) is 95.2 cm³/mol. The van der Waals surface area contributed by atoms with Gasteiger partial charge in [-0.05, 0) is 48.5 Å². The molecule has 1 heterocycles. The third kappa shape index (κ3) is 2.88. The Morgan fingerprint density at radius 3 is 2.75 bits per heavy atom. The van der Waals surface area contributed by atoms with Gasteiger partial charge >= 0.3 is 5.97 Å². The molecular weight excluding hydrogens is 300 g/mol. The number of ether oxygens (including phenoxy) is 2. The van der Waals surface area contributed by atoms with Crippen molar-refractivity contribution in [1.29, 1.82) is 0 Å². The lowest BCUT2D eigenvalue weighted by Crippen LogP contribution is -2.48. The van der Waals surface area contributed by atoms with Crippen molar-refractivity contribution in [3.05, 3.63) is 36.0 Å². The molecule has 0 N–H and O–H groups in total. The Balaban J connectivity index is 1.87. The van der Waals surface area contributed by atoms with Crippen LogP contribution in [0.15, 0.2) is 36.0 Å². The fraction of sp³-hybridized carbons (Fsp3) is 0.667. The lowest BCUT2D eigenvalue weighted by molar-refractivity contribution is -0.154. The van der Waals surface area contributed by atoms with Crippen LogP contribution in [0.3, 0.4) is 0 Å². The van der Waals surface area contributed by atoms with Gasteiger partial charge in [0.2, 0.25) is 6.29 Å². The van der Waals surface area contributed by atoms with E-state index in [0.29, 0.717) is 22.8 Å². The SMILES string of the molecule is C=C1CC[C@@H]2C(C)(C)CCC[C@]2(C)[C@@H]1C=CC1=CC(OC)OC1=O. The maximum atomic E-state index is 11.9. The van der Waals surface area contributed by atoms with E-state index < -0.39 is 6.29 Å². The van der Waals surface area contributed by atoms with E-state index >= 15 is 0 Å². The van der Waals surface area contributed by atoms with Gasteiger partial charge in [-0.25, -0.2) is 4.79 Å². The molecule has 0 spiro atoms. The second-order valence-electron chi connectivity index (χ2n) is 8.57. The minimum Gasteiger partial charge on any atom is -0.428 e. The molecule has 0 bridgehead atoms. The summed E-state index contributed by atoms with van der Waals surface area (Å²) < 4.78 is 10.2. The Bertz CT molecular complexity index is 598. The van der Waals surface area contributed by atoms with Crippen molar-refractivity contribution >= 4 is 5.97 Å². The van der Waals surface area contributed by atoms with Crippen molar-refractivity contribution < 1.29 is 14.3 Å². The number of hydrogen-bond donors (Lipinski definition) is 0. The van der Waals surface area contributed by atoms with Gasteiger partial charge in [-0.3, -0.25) is 0 Å². The van der Waals surface area contributed by atoms with Crippen molar-refractivity contribution in [1.82, 2.24) is 0 Å². The van der Waals surface area contributed by atoms with Gasteiger partial charge < -0.3 is 9.47 Å². The molecular formula is C21H30O3. The standard InChI is InChI=1S/C21H30O3/c1-14-7-10-17-20(2,3)11-6-12-21(17,4)16(14)9-8-15-13-18(23-5)24-19(15)22/h8-9,13,16-18H,1,6-7,10-12H2,2-5H3/t16-,17-,18?,21-/m1/s1. The molecule has 2 saturated carbocycles. The zero-order valence-electron chi connectivity index (χ0n) is 15.4. The molecule has 3 nitrogen and oxygen atoms in total. The van der Waals surface area contributed by atoms with Crippen molar-refractivity contribution in [2.75, 3.05) is 7.11 Å². The van der Waals surface area contributed by atoms with Gasteiger partial charge in [-0.2, -0.15) is 0 Å². The zero-order valence-corrected chi connectivity index (χ0v) is 15.4. The molecule has 3 rings (SSSR count). The van der Waals surface area contributed by atoms with Crippen molar-refractivity contribution in [3.63, 3.8) is 0 Å². The zero-order chi connectivity index (χ0) is 17.5. The highest BCUT2D eigenvalue weighted by Gasteiger charge is 2.52. The summed E-state index contributed by atoms with van der Waals surface area (Å²) in [5.74, 6) is 0.728. The number of carbonyl (C=O) groups is 1. The molecule has 0 aromatic heterocycles. The topological polar surface area (TPSA) is 35.5 Å². The van der Waals surface area contributed by atoms with E-state index in [-0.39, 0.29) is 11.4 Å². The molecule has 0 amide bonds. The highest BCUT2D eigenvalue weighted by atomic mass is 16.7. The van der Waals surface area contributed by atoms with Gasteiger partial charge in [0.05, 0.1) is 5.57 Å². The van der Waals surface area contributed by atoms with Gasteiger partial charge in [0, 0.05) is 13.0 Å². The number of allylic oxidation sites excluding steroid dienone is 2. The summed E-state index contributed by atoms with van der Waals surface area (Å²) in [4.78, 5) is 11.9. The number of esters is 1. The summed E-state index contributed by atoms with van der Waals surface area (Å²) >= 11 is 0. The summed E-state index contributed by atoms with van der Waals surface area (Å²) in [6.45, 7) is 11.6. The van der Waals surface area contributed by atoms with Crippen LogP contribution in [0.5, 0.6) is 0 Å². The van der Waals surface area contributed by atoms with E-state index in [9.17, 15) is 4.79 Å². The normalized spacial score (nSPS) is 38.8. The van der Waals surface area contributed by atoms with Crippen LogP contribution in [-0.2, 0) is 14.3 Å². The van der Waals surface area contributed by atoms with Crippen LogP contribution >= 0.6 is 0 Å². The average Bonchev–Trinajstić information content (AvgIpc) is 2.86. The highest BCUT2D eigenvalue weighted by Crippen LogP contribution is 2.61. The molecule has 1 aliphatic heterocycles. The van der Waals surface area contributed by atoms with Crippen molar-refractivity contribution in [2.24, 2.45) is 22.7 Å². The summed E-state index contributed by atoms with van der Waals surface area (Å²) in [6, 6.07) is 0. The first-order chi connectivity index (χ1) is 11.3. The summed E-state index contributed by atoms with van der Waals surface area (Å²) in [5.41, 5.74) is 2.51. The van der Waals surface area contributed by atoms with Crippen LogP contribution in [0, 0.1) is 22.7 Å². The van der Waals surface area contributed by atoms with E-state index in [1.807, 2.05) is 6.08 Å². The fourth-order valence-electron chi connectivity index (χ4n) is 5.43. The minimum absolute atomic E-state index is 0.233. The maximum Gasteiger partial charge on any atom is 0.340 e. The van der Waals surface area contributed by atoms with Crippen LogP contribution in [0.2, 0.25) is 0 Å². The van der Waals surface area contributed by atoms with Crippen molar-refractivity contribution in [3.8, 4) is 0 Å². The smallest absolute Gasteiger partial charge is 0.340 e. The molecule has 4 atom stereocenters. The quantitative estimate of drug-likeness (QED) is 0.551. The van der Waals surface area contributed by atoms with Gasteiger partial charge in [0.15, 0.2) is 0 Å². The molecule has 0 aromatic rings. The summed E-state index contributed by atoms with van der Waals surface area (Å²) in [7, 11) is 1.54. The highest BCUT2D eigenvalue weighted by molar-refractivity contribution is 5.93. The van der Waals surface area contributed by atoms with Gasteiger partial charge in [-0.1, -0.05) is 51.5 Å². The summed E-state index contributed by atoms with van der Waals surface area (Å²) in [6.07, 6.45) is 11.5. The fourth-order valence-corrected chi connectivity index (χ4v) is 5.43. The Morgan fingerprint density at radius 1 is 1.33 bits per heavy atom. The number of rotatable bonds is 3. The molecule has 0 radical (unpaired) electrons. The molecule has 24 heavy (non-hydrogen) atoms. The van der Waals surface area contributed by atoms with E-state index in [4.69, 9.17) is 9.47 Å². The van der Waals surface area contributed by atoms with Gasteiger partial charge in [-0.15, -0.1) is 0 Å². The Hall–Kier alpha value is -1.35. The number of fused-ring (bicyclic) bond motifs is 1. The van der Waals surface area contributed by atoms with E-state index in [1.165, 1.54) is 31.3 Å². The second-order valence-corrected chi connectivity index (χ2v) is 8.57. The molecule has 3 heteroatoms. The van der Waals surface area contributed by atoms with Crippen LogP contribution in [0.4, 0.5) is 0 Å². The average molecular weight is 330 g/mol. The van der Waals surface area contributed by atoms with Crippen LogP contribution in [0.25, 0.3) is 0 Å². The maximum absolute atomic E-state index is 11.9. The first kappa shape index (κ1) is 17.5. The lowest BCUT2D eigenvalue weighted by atomic mass is 9.47. The van der Waals surface area contributed by atoms with Gasteiger partial charge in [0.1, 0.15) is 0 Å². The van der Waals surface area contributed by atoms with E-state index in [2.05, 4.69) is 33.4 Å². The van der Waals surface area contributed by atoms with Crippen molar-refractivity contribution in [2.45, 2.75) is 59.2 Å². The first-order valence-corrected chi connectivity index (χ1v) is 9.09. The van der Waals surface area contributed by atoms with Gasteiger partial charge in [0.25, 0.3) is 0 Å².